The molecule has 3 nitrogen and oxygen atoms in total. The van der Waals surface area contributed by atoms with E-state index in [-0.39, 0.29) is 18.0 Å². The highest BCUT2D eigenvalue weighted by atomic mass is 16.5. The highest BCUT2D eigenvalue weighted by Crippen LogP contribution is 2.32. The molecule has 3 unspecified atom stereocenters. The Kier molecular flexibility index (Phi) is 4.78. The number of hydrogen-bond acceptors (Lipinski definition) is 3. The summed E-state index contributed by atoms with van der Waals surface area (Å²) in [5.74, 6) is -0.149. The third kappa shape index (κ3) is 3.48. The molecular weight excluding hydrogens is 204 g/mol. The van der Waals surface area contributed by atoms with Crippen molar-refractivity contribution >= 4 is 5.97 Å². The fourth-order valence-corrected chi connectivity index (χ4v) is 2.16. The Bertz CT molecular complexity index is 239. The topological polar surface area (TPSA) is 46.5 Å². The molecule has 0 aromatic heterocycles. The van der Waals surface area contributed by atoms with Crippen molar-refractivity contribution in [1.29, 1.82) is 0 Å². The number of hydrogen-bond donors (Lipinski definition) is 1. The fourth-order valence-electron chi connectivity index (χ4n) is 2.16. The van der Waals surface area contributed by atoms with Crippen LogP contribution in [0.25, 0.3) is 0 Å². The maximum atomic E-state index is 11.6. The van der Waals surface area contributed by atoms with Gasteiger partial charge in [-0.2, -0.15) is 0 Å². The summed E-state index contributed by atoms with van der Waals surface area (Å²) < 4.78 is 5.44. The van der Waals surface area contributed by atoms with Crippen molar-refractivity contribution in [3.8, 4) is 0 Å². The van der Waals surface area contributed by atoms with Gasteiger partial charge >= 0.3 is 5.97 Å². The molecule has 0 aromatic carbocycles. The molecular formula is C13H24O3. The van der Waals surface area contributed by atoms with E-state index in [4.69, 9.17) is 4.74 Å². The van der Waals surface area contributed by atoms with Gasteiger partial charge in [0.15, 0.2) is 0 Å². The van der Waals surface area contributed by atoms with E-state index in [1.54, 1.807) is 0 Å². The summed E-state index contributed by atoms with van der Waals surface area (Å²) in [5.41, 5.74) is -0.612. The molecule has 0 aliphatic heterocycles. The average Bonchev–Trinajstić information content (AvgIpc) is 2.28. The highest BCUT2D eigenvalue weighted by Gasteiger charge is 2.34. The maximum Gasteiger partial charge on any atom is 0.308 e. The molecule has 0 spiro atoms. The van der Waals surface area contributed by atoms with Crippen molar-refractivity contribution in [2.24, 2.45) is 5.92 Å². The van der Waals surface area contributed by atoms with E-state index in [1.807, 2.05) is 20.8 Å². The van der Waals surface area contributed by atoms with E-state index in [0.717, 1.165) is 32.1 Å². The second-order valence-electron chi connectivity index (χ2n) is 5.04. The van der Waals surface area contributed by atoms with Crippen molar-refractivity contribution in [3.63, 3.8) is 0 Å². The van der Waals surface area contributed by atoms with Gasteiger partial charge in [-0.25, -0.2) is 0 Å². The first-order valence-corrected chi connectivity index (χ1v) is 6.43. The number of aliphatic hydroxyl groups is 1. The quantitative estimate of drug-likeness (QED) is 0.752. The molecule has 94 valence electrons. The van der Waals surface area contributed by atoms with Crippen LogP contribution in [0, 0.1) is 5.92 Å². The molecule has 0 bridgehead atoms. The van der Waals surface area contributed by atoms with Crippen LogP contribution in [-0.4, -0.2) is 22.8 Å². The lowest BCUT2D eigenvalue weighted by molar-refractivity contribution is -0.160. The lowest BCUT2D eigenvalue weighted by Gasteiger charge is -2.36. The molecule has 0 heterocycles. The molecule has 16 heavy (non-hydrogen) atoms. The van der Waals surface area contributed by atoms with Gasteiger partial charge in [0, 0.05) is 6.42 Å². The van der Waals surface area contributed by atoms with Gasteiger partial charge in [0.1, 0.15) is 6.10 Å². The second kappa shape index (κ2) is 5.67. The summed E-state index contributed by atoms with van der Waals surface area (Å²) in [7, 11) is 0. The van der Waals surface area contributed by atoms with Gasteiger partial charge in [-0.3, -0.25) is 4.79 Å². The van der Waals surface area contributed by atoms with Crippen LogP contribution in [0.1, 0.15) is 59.3 Å². The number of esters is 1. The van der Waals surface area contributed by atoms with E-state index < -0.39 is 5.60 Å². The molecule has 0 amide bonds. The monoisotopic (exact) mass is 228 g/mol. The van der Waals surface area contributed by atoms with Gasteiger partial charge in [-0.15, -0.1) is 0 Å². The number of carbonyl (C=O) groups excluding carboxylic acids is 1. The van der Waals surface area contributed by atoms with Crippen molar-refractivity contribution < 1.29 is 14.6 Å². The summed E-state index contributed by atoms with van der Waals surface area (Å²) in [6, 6.07) is 0. The Labute approximate surface area is 98.2 Å². The summed E-state index contributed by atoms with van der Waals surface area (Å²) in [6.45, 7) is 5.85. The minimum Gasteiger partial charge on any atom is -0.462 e. The molecule has 0 aromatic rings. The Morgan fingerprint density at radius 3 is 2.81 bits per heavy atom. The Balaban J connectivity index is 2.46. The molecule has 0 saturated heterocycles. The van der Waals surface area contributed by atoms with E-state index in [0.29, 0.717) is 6.42 Å². The van der Waals surface area contributed by atoms with E-state index in [2.05, 4.69) is 0 Å². The van der Waals surface area contributed by atoms with Gasteiger partial charge in [0.25, 0.3) is 0 Å². The normalized spacial score (nSPS) is 32.1. The largest absolute Gasteiger partial charge is 0.462 e. The molecule has 1 rings (SSSR count). The van der Waals surface area contributed by atoms with Crippen LogP contribution in [0.4, 0.5) is 0 Å². The fraction of sp³-hybridized carbons (Fsp3) is 0.923. The predicted molar refractivity (Wildman–Crippen MR) is 63.0 cm³/mol. The van der Waals surface area contributed by atoms with E-state index >= 15 is 0 Å². The highest BCUT2D eigenvalue weighted by molar-refractivity contribution is 5.72. The Hall–Kier alpha value is -0.570. The number of rotatable bonds is 4. The van der Waals surface area contributed by atoms with Crippen LogP contribution in [-0.2, 0) is 9.53 Å². The predicted octanol–water partition coefficient (Wildman–Crippen LogP) is 2.66. The van der Waals surface area contributed by atoms with Crippen LogP contribution in [0.3, 0.4) is 0 Å². The standard InChI is InChI=1S/C13H24O3/c1-4-10(3)12(14)16-11-7-6-8-13(15,5-2)9-11/h10-11,15H,4-9H2,1-3H3. The SMILES string of the molecule is CCC(C)C(=O)OC1CCCC(O)(CC)C1. The molecule has 1 aliphatic carbocycles. The zero-order valence-electron chi connectivity index (χ0n) is 10.7. The first-order valence-electron chi connectivity index (χ1n) is 6.43. The van der Waals surface area contributed by atoms with Crippen molar-refractivity contribution in [2.75, 3.05) is 0 Å². The Morgan fingerprint density at radius 1 is 1.56 bits per heavy atom. The van der Waals surface area contributed by atoms with Crippen LogP contribution in [0.2, 0.25) is 0 Å². The summed E-state index contributed by atoms with van der Waals surface area (Å²) in [6.07, 6.45) is 4.74. The first-order chi connectivity index (χ1) is 7.50. The summed E-state index contributed by atoms with van der Waals surface area (Å²) in [5, 5.41) is 10.2. The van der Waals surface area contributed by atoms with E-state index in [1.165, 1.54) is 0 Å². The summed E-state index contributed by atoms with van der Waals surface area (Å²) >= 11 is 0. The van der Waals surface area contributed by atoms with Crippen molar-refractivity contribution in [2.45, 2.75) is 71.0 Å². The molecule has 1 fully saturated rings. The van der Waals surface area contributed by atoms with Gasteiger partial charge in [0.2, 0.25) is 0 Å². The van der Waals surface area contributed by atoms with Gasteiger partial charge in [-0.05, 0) is 32.1 Å². The molecule has 0 radical (unpaired) electrons. The van der Waals surface area contributed by atoms with Crippen LogP contribution in [0.5, 0.6) is 0 Å². The summed E-state index contributed by atoms with van der Waals surface area (Å²) in [4.78, 5) is 11.6. The van der Waals surface area contributed by atoms with Gasteiger partial charge < -0.3 is 9.84 Å². The van der Waals surface area contributed by atoms with E-state index in [9.17, 15) is 9.90 Å². The molecule has 3 heteroatoms. The lowest BCUT2D eigenvalue weighted by atomic mass is 9.81. The average molecular weight is 228 g/mol. The lowest BCUT2D eigenvalue weighted by Crippen LogP contribution is -2.39. The van der Waals surface area contributed by atoms with Crippen LogP contribution in [0.15, 0.2) is 0 Å². The minimum absolute atomic E-state index is 0.0309. The third-order valence-electron chi connectivity index (χ3n) is 3.73. The van der Waals surface area contributed by atoms with Crippen molar-refractivity contribution in [3.05, 3.63) is 0 Å². The minimum atomic E-state index is -0.612. The number of ether oxygens (including phenoxy) is 1. The smallest absolute Gasteiger partial charge is 0.308 e. The zero-order chi connectivity index (χ0) is 12.2. The van der Waals surface area contributed by atoms with Crippen molar-refractivity contribution in [1.82, 2.24) is 0 Å². The molecule has 3 atom stereocenters. The van der Waals surface area contributed by atoms with Crippen LogP contribution >= 0.6 is 0 Å². The van der Waals surface area contributed by atoms with Gasteiger partial charge in [-0.1, -0.05) is 20.8 Å². The second-order valence-corrected chi connectivity index (χ2v) is 5.04. The molecule has 1 N–H and O–H groups in total. The maximum absolute atomic E-state index is 11.6. The zero-order valence-corrected chi connectivity index (χ0v) is 10.7. The third-order valence-corrected chi connectivity index (χ3v) is 3.73. The molecule has 1 aliphatic rings. The molecule has 1 saturated carbocycles. The number of carbonyl (C=O) groups is 1. The van der Waals surface area contributed by atoms with Gasteiger partial charge in [0.05, 0.1) is 11.5 Å². The first kappa shape index (κ1) is 13.5. The van der Waals surface area contributed by atoms with Crippen LogP contribution < -0.4 is 0 Å². The Morgan fingerprint density at radius 2 is 2.25 bits per heavy atom.